The lowest BCUT2D eigenvalue weighted by Gasteiger charge is -2.29. The van der Waals surface area contributed by atoms with Crippen LogP contribution < -0.4 is 5.32 Å². The Kier molecular flexibility index (Phi) is 4.42. The highest BCUT2D eigenvalue weighted by molar-refractivity contribution is 6.35. The van der Waals surface area contributed by atoms with Crippen LogP contribution in [0.3, 0.4) is 0 Å². The minimum absolute atomic E-state index is 0.0594. The van der Waals surface area contributed by atoms with Crippen molar-refractivity contribution in [3.63, 3.8) is 0 Å². The number of halogens is 2. The third-order valence-corrected chi connectivity index (χ3v) is 4.83. The number of carbonyl (C=O) groups excluding carboxylic acids is 1. The minimum Gasteiger partial charge on any atom is -0.365 e. The Hall–Kier alpha value is -2.38. The first kappa shape index (κ1) is 17.1. The van der Waals surface area contributed by atoms with Crippen LogP contribution in [0.15, 0.2) is 30.3 Å². The van der Waals surface area contributed by atoms with E-state index in [1.165, 1.54) is 0 Å². The molecule has 1 N–H and O–H groups in total. The van der Waals surface area contributed by atoms with Crippen LogP contribution in [0, 0.1) is 0 Å². The third kappa shape index (κ3) is 3.32. The summed E-state index contributed by atoms with van der Waals surface area (Å²) in [5.74, 6) is 1.34. The standard InChI is InChI=1S/C17H16Cl2N6O/c1-24-5-4-13(9-16(24)26)20-14-2-3-15-21-22-17(25(15)23-14)10-6-11(18)8-12(19)7-10/h2-3,6-8,13H,4-5,9H2,1H3,(H,20,23). The molecule has 9 heteroatoms. The summed E-state index contributed by atoms with van der Waals surface area (Å²) in [6, 6.07) is 8.91. The molecule has 7 nitrogen and oxygen atoms in total. The summed E-state index contributed by atoms with van der Waals surface area (Å²) in [5.41, 5.74) is 1.34. The van der Waals surface area contributed by atoms with Crippen LogP contribution >= 0.6 is 23.2 Å². The molecule has 1 aromatic carbocycles. The first-order chi connectivity index (χ1) is 12.5. The lowest BCUT2D eigenvalue weighted by Crippen LogP contribution is -2.41. The molecule has 1 atom stereocenters. The Labute approximate surface area is 159 Å². The fourth-order valence-corrected chi connectivity index (χ4v) is 3.53. The van der Waals surface area contributed by atoms with E-state index in [1.54, 1.807) is 27.6 Å². The molecule has 0 aliphatic carbocycles. The van der Waals surface area contributed by atoms with E-state index in [1.807, 2.05) is 19.2 Å². The van der Waals surface area contributed by atoms with Crippen molar-refractivity contribution in [3.05, 3.63) is 40.4 Å². The number of carbonyl (C=O) groups is 1. The van der Waals surface area contributed by atoms with Gasteiger partial charge in [0.2, 0.25) is 5.91 Å². The number of likely N-dealkylation sites (tertiary alicyclic amines) is 1. The summed E-state index contributed by atoms with van der Waals surface area (Å²) in [4.78, 5) is 13.6. The largest absolute Gasteiger partial charge is 0.365 e. The first-order valence-electron chi connectivity index (χ1n) is 8.19. The van der Waals surface area contributed by atoms with E-state index in [9.17, 15) is 4.79 Å². The molecule has 1 fully saturated rings. The van der Waals surface area contributed by atoms with E-state index in [0.29, 0.717) is 33.8 Å². The monoisotopic (exact) mass is 390 g/mol. The van der Waals surface area contributed by atoms with E-state index < -0.39 is 0 Å². The second-order valence-corrected chi connectivity index (χ2v) is 7.19. The van der Waals surface area contributed by atoms with Gasteiger partial charge < -0.3 is 10.2 Å². The molecule has 1 saturated heterocycles. The summed E-state index contributed by atoms with van der Waals surface area (Å²) >= 11 is 12.2. The van der Waals surface area contributed by atoms with E-state index in [2.05, 4.69) is 20.6 Å². The van der Waals surface area contributed by atoms with Gasteiger partial charge in [-0.1, -0.05) is 23.2 Å². The van der Waals surface area contributed by atoms with Gasteiger partial charge in [0.1, 0.15) is 5.82 Å². The van der Waals surface area contributed by atoms with E-state index in [4.69, 9.17) is 23.2 Å². The SMILES string of the molecule is CN1CCC(Nc2ccc3nnc(-c4cc(Cl)cc(Cl)c4)n3n2)CC1=O. The fourth-order valence-electron chi connectivity index (χ4n) is 3.00. The van der Waals surface area contributed by atoms with Crippen LogP contribution in [0.25, 0.3) is 17.0 Å². The van der Waals surface area contributed by atoms with E-state index in [0.717, 1.165) is 18.5 Å². The molecule has 3 heterocycles. The summed E-state index contributed by atoms with van der Waals surface area (Å²) in [6.45, 7) is 0.734. The lowest BCUT2D eigenvalue weighted by atomic mass is 10.1. The van der Waals surface area contributed by atoms with Crippen LogP contribution in [-0.2, 0) is 4.79 Å². The third-order valence-electron chi connectivity index (χ3n) is 4.40. The molecule has 0 bridgehead atoms. The van der Waals surface area contributed by atoms with Gasteiger partial charge in [0, 0.05) is 41.7 Å². The van der Waals surface area contributed by atoms with Crippen molar-refractivity contribution in [3.8, 4) is 11.4 Å². The van der Waals surface area contributed by atoms with Crippen LogP contribution in [-0.4, -0.2) is 50.3 Å². The predicted octanol–water partition coefficient (Wildman–Crippen LogP) is 3.13. The van der Waals surface area contributed by atoms with Crippen molar-refractivity contribution in [2.75, 3.05) is 18.9 Å². The second-order valence-electron chi connectivity index (χ2n) is 6.32. The maximum Gasteiger partial charge on any atom is 0.224 e. The second kappa shape index (κ2) is 6.74. The van der Waals surface area contributed by atoms with E-state index in [-0.39, 0.29) is 11.9 Å². The number of benzene rings is 1. The van der Waals surface area contributed by atoms with Gasteiger partial charge in [-0.05, 0) is 36.8 Å². The summed E-state index contributed by atoms with van der Waals surface area (Å²) in [7, 11) is 1.82. The van der Waals surface area contributed by atoms with Gasteiger partial charge in [-0.3, -0.25) is 4.79 Å². The Balaban J connectivity index is 1.65. The molecule has 0 saturated carbocycles. The van der Waals surface area contributed by atoms with Crippen LogP contribution in [0.5, 0.6) is 0 Å². The average Bonchev–Trinajstić information content (AvgIpc) is 3.00. The van der Waals surface area contributed by atoms with Crippen molar-refractivity contribution >= 4 is 40.6 Å². The van der Waals surface area contributed by atoms with Gasteiger partial charge in [-0.2, -0.15) is 4.52 Å². The van der Waals surface area contributed by atoms with Gasteiger partial charge in [-0.25, -0.2) is 0 Å². The average molecular weight is 391 g/mol. The normalized spacial score (nSPS) is 17.7. The number of nitrogens with zero attached hydrogens (tertiary/aromatic N) is 5. The van der Waals surface area contributed by atoms with Gasteiger partial charge in [0.25, 0.3) is 0 Å². The number of fused-ring (bicyclic) bond motifs is 1. The first-order valence-corrected chi connectivity index (χ1v) is 8.94. The number of piperidine rings is 1. The van der Waals surface area contributed by atoms with Crippen LogP contribution in [0.2, 0.25) is 10.0 Å². The highest BCUT2D eigenvalue weighted by Gasteiger charge is 2.23. The van der Waals surface area contributed by atoms with Crippen molar-refractivity contribution in [1.82, 2.24) is 24.7 Å². The van der Waals surface area contributed by atoms with Crippen molar-refractivity contribution in [1.29, 1.82) is 0 Å². The Morgan fingerprint density at radius 3 is 2.65 bits per heavy atom. The molecular weight excluding hydrogens is 375 g/mol. The highest BCUT2D eigenvalue weighted by atomic mass is 35.5. The molecular formula is C17H16Cl2N6O. The molecule has 3 aromatic rings. The zero-order valence-electron chi connectivity index (χ0n) is 14.0. The smallest absolute Gasteiger partial charge is 0.224 e. The summed E-state index contributed by atoms with van der Waals surface area (Å²) in [6.07, 6.45) is 1.33. The number of rotatable bonds is 3. The molecule has 26 heavy (non-hydrogen) atoms. The Morgan fingerprint density at radius 1 is 1.15 bits per heavy atom. The maximum absolute atomic E-state index is 11.9. The molecule has 1 aliphatic heterocycles. The van der Waals surface area contributed by atoms with Crippen LogP contribution in [0.1, 0.15) is 12.8 Å². The maximum atomic E-state index is 11.9. The molecule has 0 radical (unpaired) electrons. The molecule has 134 valence electrons. The molecule has 2 aromatic heterocycles. The Morgan fingerprint density at radius 2 is 1.92 bits per heavy atom. The minimum atomic E-state index is 0.0594. The Bertz CT molecular complexity index is 968. The zero-order valence-corrected chi connectivity index (χ0v) is 15.5. The van der Waals surface area contributed by atoms with Gasteiger partial charge >= 0.3 is 0 Å². The van der Waals surface area contributed by atoms with Crippen molar-refractivity contribution in [2.45, 2.75) is 18.9 Å². The molecule has 1 aliphatic rings. The lowest BCUT2D eigenvalue weighted by molar-refractivity contribution is -0.132. The van der Waals surface area contributed by atoms with Gasteiger partial charge in [-0.15, -0.1) is 15.3 Å². The predicted molar refractivity (Wildman–Crippen MR) is 101 cm³/mol. The topological polar surface area (TPSA) is 75.4 Å². The number of amides is 1. The summed E-state index contributed by atoms with van der Waals surface area (Å²) < 4.78 is 1.64. The van der Waals surface area contributed by atoms with Gasteiger partial charge in [0.05, 0.1) is 0 Å². The summed E-state index contributed by atoms with van der Waals surface area (Å²) in [5, 5.41) is 17.3. The van der Waals surface area contributed by atoms with Gasteiger partial charge in [0.15, 0.2) is 11.5 Å². The number of hydrogen-bond donors (Lipinski definition) is 1. The van der Waals surface area contributed by atoms with Crippen molar-refractivity contribution in [2.24, 2.45) is 0 Å². The number of hydrogen-bond acceptors (Lipinski definition) is 5. The highest BCUT2D eigenvalue weighted by Crippen LogP contribution is 2.26. The molecule has 1 unspecified atom stereocenters. The number of nitrogens with one attached hydrogen (secondary N) is 1. The number of anilines is 1. The van der Waals surface area contributed by atoms with E-state index >= 15 is 0 Å². The number of aromatic nitrogens is 4. The molecule has 1 amide bonds. The van der Waals surface area contributed by atoms with Crippen molar-refractivity contribution < 1.29 is 4.79 Å². The fraction of sp³-hybridized carbons (Fsp3) is 0.294. The molecule has 0 spiro atoms. The van der Waals surface area contributed by atoms with Crippen LogP contribution in [0.4, 0.5) is 5.82 Å². The molecule has 4 rings (SSSR count). The quantitative estimate of drug-likeness (QED) is 0.743. The zero-order chi connectivity index (χ0) is 18.3.